The van der Waals surface area contributed by atoms with Gasteiger partial charge in [0.25, 0.3) is 0 Å². The van der Waals surface area contributed by atoms with Crippen LogP contribution in [0, 0.1) is 0 Å². The minimum absolute atomic E-state index is 0.385. The van der Waals surface area contributed by atoms with Gasteiger partial charge in [-0.2, -0.15) is 0 Å². The number of nitrogens with zero attached hydrogens (tertiary/aromatic N) is 1. The third-order valence-corrected chi connectivity index (χ3v) is 4.73. The number of anilines is 1. The minimum Gasteiger partial charge on any atom is -0.369 e. The zero-order valence-electron chi connectivity index (χ0n) is 10.7. The van der Waals surface area contributed by atoms with Crippen LogP contribution >= 0.6 is 15.9 Å². The largest absolute Gasteiger partial charge is 0.369 e. The van der Waals surface area contributed by atoms with E-state index in [-0.39, 0.29) is 5.91 Å². The van der Waals surface area contributed by atoms with E-state index in [1.54, 1.807) is 6.07 Å². The SMILES string of the molecule is NC(=O)c1ccc(N2CCC3CCC(C2)N3)c(Br)c1. The van der Waals surface area contributed by atoms with Gasteiger partial charge in [-0.1, -0.05) is 0 Å². The van der Waals surface area contributed by atoms with E-state index in [0.29, 0.717) is 17.6 Å². The Hall–Kier alpha value is -1.07. The van der Waals surface area contributed by atoms with Crippen molar-refractivity contribution >= 4 is 27.5 Å². The van der Waals surface area contributed by atoms with Gasteiger partial charge in [0, 0.05) is 35.2 Å². The molecule has 0 aromatic heterocycles. The topological polar surface area (TPSA) is 58.4 Å². The van der Waals surface area contributed by atoms with Crippen LogP contribution in [0.5, 0.6) is 0 Å². The van der Waals surface area contributed by atoms with Gasteiger partial charge in [0.15, 0.2) is 0 Å². The van der Waals surface area contributed by atoms with Gasteiger partial charge in [0.05, 0.1) is 5.69 Å². The molecule has 2 bridgehead atoms. The molecule has 2 heterocycles. The lowest BCUT2D eigenvalue weighted by Crippen LogP contribution is -2.35. The molecule has 19 heavy (non-hydrogen) atoms. The van der Waals surface area contributed by atoms with E-state index in [2.05, 4.69) is 26.1 Å². The van der Waals surface area contributed by atoms with E-state index in [9.17, 15) is 4.79 Å². The van der Waals surface area contributed by atoms with Gasteiger partial charge < -0.3 is 16.0 Å². The van der Waals surface area contributed by atoms with Crippen LogP contribution in [0.3, 0.4) is 0 Å². The number of nitrogens with two attached hydrogens (primary N) is 1. The van der Waals surface area contributed by atoms with Crippen molar-refractivity contribution in [3.63, 3.8) is 0 Å². The molecule has 3 rings (SSSR count). The lowest BCUT2D eigenvalue weighted by Gasteiger charge is -2.27. The third kappa shape index (κ3) is 2.62. The summed E-state index contributed by atoms with van der Waals surface area (Å²) in [5.74, 6) is -0.385. The molecule has 2 atom stereocenters. The molecule has 0 saturated carbocycles. The Balaban J connectivity index is 1.83. The molecule has 2 unspecified atom stereocenters. The molecule has 5 heteroatoms. The van der Waals surface area contributed by atoms with Gasteiger partial charge in [-0.3, -0.25) is 4.79 Å². The second kappa shape index (κ2) is 5.13. The monoisotopic (exact) mass is 323 g/mol. The molecule has 0 spiro atoms. The Morgan fingerprint density at radius 1 is 1.32 bits per heavy atom. The summed E-state index contributed by atoms with van der Waals surface area (Å²) in [6.07, 6.45) is 3.75. The van der Waals surface area contributed by atoms with Crippen molar-refractivity contribution in [3.05, 3.63) is 28.2 Å². The average molecular weight is 324 g/mol. The number of nitrogens with one attached hydrogen (secondary N) is 1. The quantitative estimate of drug-likeness (QED) is 0.873. The maximum Gasteiger partial charge on any atom is 0.248 e. The zero-order chi connectivity index (χ0) is 13.4. The van der Waals surface area contributed by atoms with Crippen LogP contribution in [0.2, 0.25) is 0 Å². The van der Waals surface area contributed by atoms with Crippen LogP contribution in [-0.4, -0.2) is 31.1 Å². The van der Waals surface area contributed by atoms with Gasteiger partial charge in [0.1, 0.15) is 0 Å². The fourth-order valence-electron chi connectivity index (χ4n) is 3.08. The first-order valence-electron chi connectivity index (χ1n) is 6.74. The molecule has 1 aromatic carbocycles. The second-order valence-corrected chi connectivity index (χ2v) is 6.26. The van der Waals surface area contributed by atoms with Gasteiger partial charge in [-0.15, -0.1) is 0 Å². The second-order valence-electron chi connectivity index (χ2n) is 5.40. The van der Waals surface area contributed by atoms with Crippen molar-refractivity contribution in [1.82, 2.24) is 5.32 Å². The van der Waals surface area contributed by atoms with E-state index >= 15 is 0 Å². The normalized spacial score (nSPS) is 26.3. The van der Waals surface area contributed by atoms with Crippen molar-refractivity contribution in [3.8, 4) is 0 Å². The molecular weight excluding hydrogens is 306 g/mol. The van der Waals surface area contributed by atoms with Crippen LogP contribution in [0.15, 0.2) is 22.7 Å². The predicted molar refractivity (Wildman–Crippen MR) is 79.4 cm³/mol. The molecule has 4 nitrogen and oxygen atoms in total. The highest BCUT2D eigenvalue weighted by Gasteiger charge is 2.29. The van der Waals surface area contributed by atoms with Crippen LogP contribution < -0.4 is 16.0 Å². The van der Waals surface area contributed by atoms with Crippen LogP contribution in [0.4, 0.5) is 5.69 Å². The number of rotatable bonds is 2. The molecular formula is C14H18BrN3O. The number of benzene rings is 1. The van der Waals surface area contributed by atoms with Gasteiger partial charge >= 0.3 is 0 Å². The van der Waals surface area contributed by atoms with Crippen molar-refractivity contribution < 1.29 is 4.79 Å². The van der Waals surface area contributed by atoms with Crippen LogP contribution in [0.25, 0.3) is 0 Å². The van der Waals surface area contributed by atoms with E-state index in [0.717, 1.165) is 23.2 Å². The van der Waals surface area contributed by atoms with Crippen molar-refractivity contribution in [1.29, 1.82) is 0 Å². The average Bonchev–Trinajstić information content (AvgIpc) is 2.70. The lowest BCUT2D eigenvalue weighted by atomic mass is 10.1. The standard InChI is InChI=1S/C14H18BrN3O/c15-12-7-9(14(16)19)1-4-13(12)18-6-5-10-2-3-11(8-18)17-10/h1,4,7,10-11,17H,2-3,5-6,8H2,(H2,16,19). The fourth-order valence-corrected chi connectivity index (χ4v) is 3.71. The molecule has 2 saturated heterocycles. The molecule has 3 N–H and O–H groups in total. The number of hydrogen-bond donors (Lipinski definition) is 2. The number of hydrogen-bond acceptors (Lipinski definition) is 3. The summed E-state index contributed by atoms with van der Waals surface area (Å²) in [6, 6.07) is 6.88. The number of fused-ring (bicyclic) bond motifs is 2. The fraction of sp³-hybridized carbons (Fsp3) is 0.500. The van der Waals surface area contributed by atoms with Gasteiger partial charge in [-0.05, 0) is 53.4 Å². The first kappa shape index (κ1) is 12.9. The Morgan fingerprint density at radius 3 is 2.84 bits per heavy atom. The van der Waals surface area contributed by atoms with E-state index in [1.807, 2.05) is 12.1 Å². The van der Waals surface area contributed by atoms with E-state index < -0.39 is 0 Å². The lowest BCUT2D eigenvalue weighted by molar-refractivity contribution is 0.100. The summed E-state index contributed by atoms with van der Waals surface area (Å²) < 4.78 is 0.946. The summed E-state index contributed by atoms with van der Waals surface area (Å²) in [5, 5.41) is 3.67. The molecule has 1 amide bonds. The molecule has 2 aliphatic rings. The zero-order valence-corrected chi connectivity index (χ0v) is 12.3. The van der Waals surface area contributed by atoms with Crippen molar-refractivity contribution in [2.24, 2.45) is 5.73 Å². The Bertz CT molecular complexity index is 505. The van der Waals surface area contributed by atoms with Gasteiger partial charge in [-0.25, -0.2) is 0 Å². The first-order chi connectivity index (χ1) is 9.13. The van der Waals surface area contributed by atoms with Crippen molar-refractivity contribution in [2.75, 3.05) is 18.0 Å². The maximum absolute atomic E-state index is 11.2. The highest BCUT2D eigenvalue weighted by molar-refractivity contribution is 9.10. The van der Waals surface area contributed by atoms with Crippen molar-refractivity contribution in [2.45, 2.75) is 31.3 Å². The Labute approximate surface area is 121 Å². The number of primary amides is 1. The molecule has 102 valence electrons. The highest BCUT2D eigenvalue weighted by Crippen LogP contribution is 2.31. The first-order valence-corrected chi connectivity index (χ1v) is 7.53. The molecule has 2 fully saturated rings. The van der Waals surface area contributed by atoms with E-state index in [1.165, 1.54) is 19.3 Å². The minimum atomic E-state index is -0.385. The predicted octanol–water partition coefficient (Wildman–Crippen LogP) is 1.88. The third-order valence-electron chi connectivity index (χ3n) is 4.10. The Kier molecular flexibility index (Phi) is 3.50. The number of carbonyl (C=O) groups is 1. The molecule has 0 aliphatic carbocycles. The summed E-state index contributed by atoms with van der Waals surface area (Å²) in [4.78, 5) is 13.6. The number of amides is 1. The van der Waals surface area contributed by atoms with Crippen LogP contribution in [-0.2, 0) is 0 Å². The smallest absolute Gasteiger partial charge is 0.248 e. The molecule has 2 aliphatic heterocycles. The van der Waals surface area contributed by atoms with Gasteiger partial charge in [0.2, 0.25) is 5.91 Å². The summed E-state index contributed by atoms with van der Waals surface area (Å²) in [7, 11) is 0. The molecule has 1 aromatic rings. The molecule has 0 radical (unpaired) electrons. The summed E-state index contributed by atoms with van der Waals surface area (Å²) in [6.45, 7) is 2.09. The maximum atomic E-state index is 11.2. The van der Waals surface area contributed by atoms with E-state index in [4.69, 9.17) is 5.73 Å². The summed E-state index contributed by atoms with van der Waals surface area (Å²) >= 11 is 3.56. The highest BCUT2D eigenvalue weighted by atomic mass is 79.9. The van der Waals surface area contributed by atoms with Crippen LogP contribution in [0.1, 0.15) is 29.6 Å². The number of carbonyl (C=O) groups excluding carboxylic acids is 1. The Morgan fingerprint density at radius 2 is 2.11 bits per heavy atom. The number of halogens is 1. The summed E-state index contributed by atoms with van der Waals surface area (Å²) in [5.41, 5.74) is 7.00.